The fourth-order valence-electron chi connectivity index (χ4n) is 1.75. The molecule has 4 heteroatoms. The van der Waals surface area contributed by atoms with Crippen LogP contribution in [0.1, 0.15) is 15.9 Å². The molecule has 2 aromatic rings. The monoisotopic (exact) mass is 274 g/mol. The third kappa shape index (κ3) is 3.73. The summed E-state index contributed by atoms with van der Waals surface area (Å²) in [6.07, 6.45) is 0.801. The summed E-state index contributed by atoms with van der Waals surface area (Å²) in [7, 11) is 0. The largest absolute Gasteiger partial charge is 0.398 e. The van der Waals surface area contributed by atoms with E-state index >= 15 is 0 Å². The second kappa shape index (κ2) is 6.25. The Morgan fingerprint density at radius 3 is 2.58 bits per heavy atom. The summed E-state index contributed by atoms with van der Waals surface area (Å²) in [5.74, 6) is -0.140. The number of hydrogen-bond donors (Lipinski definition) is 2. The van der Waals surface area contributed by atoms with Crippen LogP contribution in [0.2, 0.25) is 5.02 Å². The van der Waals surface area contributed by atoms with Crippen LogP contribution in [-0.2, 0) is 6.42 Å². The quantitative estimate of drug-likeness (QED) is 0.843. The van der Waals surface area contributed by atoms with Crippen molar-refractivity contribution in [3.05, 3.63) is 64.7 Å². The Morgan fingerprint density at radius 1 is 1.16 bits per heavy atom. The molecule has 0 radical (unpaired) electrons. The Kier molecular flexibility index (Phi) is 4.42. The molecule has 0 aliphatic carbocycles. The van der Waals surface area contributed by atoms with Crippen molar-refractivity contribution in [2.24, 2.45) is 0 Å². The molecule has 0 spiro atoms. The SMILES string of the molecule is Nc1cc(C(=O)NCCc2ccccc2)ccc1Cl. The summed E-state index contributed by atoms with van der Waals surface area (Å²) in [5.41, 5.74) is 7.80. The van der Waals surface area contributed by atoms with Crippen molar-refractivity contribution in [1.82, 2.24) is 5.32 Å². The van der Waals surface area contributed by atoms with Crippen LogP contribution in [0.3, 0.4) is 0 Å². The lowest BCUT2D eigenvalue weighted by atomic mass is 10.1. The van der Waals surface area contributed by atoms with Gasteiger partial charge in [-0.1, -0.05) is 41.9 Å². The van der Waals surface area contributed by atoms with Gasteiger partial charge in [-0.05, 0) is 30.2 Å². The van der Waals surface area contributed by atoms with Crippen molar-refractivity contribution in [3.63, 3.8) is 0 Å². The molecule has 0 unspecified atom stereocenters. The van der Waals surface area contributed by atoms with E-state index < -0.39 is 0 Å². The van der Waals surface area contributed by atoms with E-state index in [1.54, 1.807) is 18.2 Å². The van der Waals surface area contributed by atoms with Gasteiger partial charge in [-0.15, -0.1) is 0 Å². The number of nitrogens with two attached hydrogens (primary N) is 1. The van der Waals surface area contributed by atoms with Crippen LogP contribution < -0.4 is 11.1 Å². The highest BCUT2D eigenvalue weighted by Crippen LogP contribution is 2.19. The van der Waals surface area contributed by atoms with Crippen LogP contribution in [0.15, 0.2) is 48.5 Å². The van der Waals surface area contributed by atoms with E-state index in [1.165, 1.54) is 5.56 Å². The molecular weight excluding hydrogens is 260 g/mol. The molecule has 19 heavy (non-hydrogen) atoms. The van der Waals surface area contributed by atoms with Gasteiger partial charge in [-0.3, -0.25) is 4.79 Å². The molecule has 0 heterocycles. The van der Waals surface area contributed by atoms with Gasteiger partial charge in [-0.25, -0.2) is 0 Å². The number of carbonyl (C=O) groups excluding carboxylic acids is 1. The number of nitrogen functional groups attached to an aromatic ring is 1. The van der Waals surface area contributed by atoms with Crippen LogP contribution >= 0.6 is 11.6 Å². The first-order chi connectivity index (χ1) is 9.16. The summed E-state index contributed by atoms with van der Waals surface area (Å²) in [4.78, 5) is 11.9. The van der Waals surface area contributed by atoms with Gasteiger partial charge in [0.05, 0.1) is 10.7 Å². The molecule has 1 amide bonds. The molecule has 0 atom stereocenters. The second-order valence-corrected chi connectivity index (χ2v) is 4.63. The maximum absolute atomic E-state index is 11.9. The zero-order valence-electron chi connectivity index (χ0n) is 10.4. The van der Waals surface area contributed by atoms with Crippen molar-refractivity contribution >= 4 is 23.2 Å². The molecule has 0 aliphatic heterocycles. The average Bonchev–Trinajstić information content (AvgIpc) is 2.43. The zero-order valence-corrected chi connectivity index (χ0v) is 11.2. The van der Waals surface area contributed by atoms with Gasteiger partial charge in [0.1, 0.15) is 0 Å². The minimum Gasteiger partial charge on any atom is -0.398 e. The Bertz CT molecular complexity index is 570. The van der Waals surface area contributed by atoms with Gasteiger partial charge in [0.15, 0.2) is 0 Å². The van der Waals surface area contributed by atoms with Crippen LogP contribution in [0, 0.1) is 0 Å². The number of rotatable bonds is 4. The first-order valence-corrected chi connectivity index (χ1v) is 6.42. The lowest BCUT2D eigenvalue weighted by Crippen LogP contribution is -2.25. The van der Waals surface area contributed by atoms with Crippen LogP contribution in [0.25, 0.3) is 0 Å². The standard InChI is InChI=1S/C15H15ClN2O/c16-13-7-6-12(10-14(13)17)15(19)18-9-8-11-4-2-1-3-5-11/h1-7,10H,8-9,17H2,(H,18,19). The van der Waals surface area contributed by atoms with E-state index in [2.05, 4.69) is 5.32 Å². The van der Waals surface area contributed by atoms with Gasteiger partial charge in [0.2, 0.25) is 0 Å². The van der Waals surface area contributed by atoms with Crippen molar-refractivity contribution in [2.75, 3.05) is 12.3 Å². The lowest BCUT2D eigenvalue weighted by molar-refractivity contribution is 0.0954. The molecule has 0 fully saturated rings. The maximum Gasteiger partial charge on any atom is 0.251 e. The van der Waals surface area contributed by atoms with Gasteiger partial charge < -0.3 is 11.1 Å². The highest BCUT2D eigenvalue weighted by atomic mass is 35.5. The average molecular weight is 275 g/mol. The summed E-state index contributed by atoms with van der Waals surface area (Å²) in [6, 6.07) is 14.9. The predicted octanol–water partition coefficient (Wildman–Crippen LogP) is 2.89. The molecule has 0 saturated carbocycles. The number of anilines is 1. The van der Waals surface area contributed by atoms with Gasteiger partial charge in [0, 0.05) is 12.1 Å². The van der Waals surface area contributed by atoms with Crippen molar-refractivity contribution in [3.8, 4) is 0 Å². The van der Waals surface area contributed by atoms with Crippen LogP contribution in [0.5, 0.6) is 0 Å². The molecule has 2 aromatic carbocycles. The minimum atomic E-state index is -0.140. The Morgan fingerprint density at radius 2 is 1.89 bits per heavy atom. The minimum absolute atomic E-state index is 0.140. The molecule has 0 aliphatic rings. The zero-order chi connectivity index (χ0) is 13.7. The number of carbonyl (C=O) groups is 1. The van der Waals surface area contributed by atoms with Gasteiger partial charge >= 0.3 is 0 Å². The summed E-state index contributed by atoms with van der Waals surface area (Å²) >= 11 is 5.81. The summed E-state index contributed by atoms with van der Waals surface area (Å²) in [5, 5.41) is 3.32. The molecule has 98 valence electrons. The fourth-order valence-corrected chi connectivity index (χ4v) is 1.87. The summed E-state index contributed by atoms with van der Waals surface area (Å²) in [6.45, 7) is 0.589. The molecule has 0 aromatic heterocycles. The molecule has 3 nitrogen and oxygen atoms in total. The highest BCUT2D eigenvalue weighted by molar-refractivity contribution is 6.33. The molecule has 3 N–H and O–H groups in total. The van der Waals surface area contributed by atoms with Gasteiger partial charge in [0.25, 0.3) is 5.91 Å². The van der Waals surface area contributed by atoms with E-state index in [0.29, 0.717) is 22.8 Å². The normalized spacial score (nSPS) is 10.2. The number of halogens is 1. The van der Waals surface area contributed by atoms with Gasteiger partial charge in [-0.2, -0.15) is 0 Å². The van der Waals surface area contributed by atoms with Crippen molar-refractivity contribution in [1.29, 1.82) is 0 Å². The van der Waals surface area contributed by atoms with Crippen LogP contribution in [-0.4, -0.2) is 12.5 Å². The molecular formula is C15H15ClN2O. The number of nitrogens with one attached hydrogen (secondary N) is 1. The third-order valence-corrected chi connectivity index (χ3v) is 3.14. The Hall–Kier alpha value is -2.00. The van der Waals surface area contributed by atoms with Crippen molar-refractivity contribution in [2.45, 2.75) is 6.42 Å². The lowest BCUT2D eigenvalue weighted by Gasteiger charge is -2.06. The van der Waals surface area contributed by atoms with Crippen molar-refractivity contribution < 1.29 is 4.79 Å². The number of amides is 1. The molecule has 0 bridgehead atoms. The smallest absolute Gasteiger partial charge is 0.251 e. The fraction of sp³-hybridized carbons (Fsp3) is 0.133. The number of benzene rings is 2. The Balaban J connectivity index is 1.89. The third-order valence-electron chi connectivity index (χ3n) is 2.80. The van der Waals surface area contributed by atoms with E-state index in [4.69, 9.17) is 17.3 Å². The Labute approximate surface area is 117 Å². The topological polar surface area (TPSA) is 55.1 Å². The number of hydrogen-bond acceptors (Lipinski definition) is 2. The highest BCUT2D eigenvalue weighted by Gasteiger charge is 2.06. The van der Waals surface area contributed by atoms with Crippen LogP contribution in [0.4, 0.5) is 5.69 Å². The first kappa shape index (κ1) is 13.4. The first-order valence-electron chi connectivity index (χ1n) is 6.04. The maximum atomic E-state index is 11.9. The van der Waals surface area contributed by atoms with E-state index in [9.17, 15) is 4.79 Å². The van der Waals surface area contributed by atoms with E-state index in [0.717, 1.165) is 6.42 Å². The second-order valence-electron chi connectivity index (χ2n) is 4.23. The van der Waals surface area contributed by atoms with E-state index in [-0.39, 0.29) is 5.91 Å². The summed E-state index contributed by atoms with van der Waals surface area (Å²) < 4.78 is 0. The molecule has 0 saturated heterocycles. The van der Waals surface area contributed by atoms with E-state index in [1.807, 2.05) is 30.3 Å². The predicted molar refractivity (Wildman–Crippen MR) is 78.3 cm³/mol. The molecule has 2 rings (SSSR count).